The highest BCUT2D eigenvalue weighted by Crippen LogP contribution is 2.12. The Balaban J connectivity index is 1.48. The molecule has 0 radical (unpaired) electrons. The Morgan fingerprint density at radius 2 is 1.92 bits per heavy atom. The second-order valence-electron chi connectivity index (χ2n) is 7.73. The van der Waals surface area contributed by atoms with Crippen LogP contribution in [0.25, 0.3) is 0 Å². The second kappa shape index (κ2) is 12.6. The van der Waals surface area contributed by atoms with Crippen molar-refractivity contribution in [3.63, 3.8) is 0 Å². The molecular formula is C21H26N8O8. The summed E-state index contributed by atoms with van der Waals surface area (Å²) in [5, 5.41) is 26.9. The highest BCUT2D eigenvalue weighted by molar-refractivity contribution is 5.86. The lowest BCUT2D eigenvalue weighted by Gasteiger charge is -2.15. The Morgan fingerprint density at radius 3 is 2.59 bits per heavy atom. The molecule has 2 aromatic rings. The fourth-order valence-corrected chi connectivity index (χ4v) is 3.12. The summed E-state index contributed by atoms with van der Waals surface area (Å²) < 4.78 is 5.64. The van der Waals surface area contributed by atoms with Crippen molar-refractivity contribution in [3.8, 4) is 5.88 Å². The average Bonchev–Trinajstić information content (AvgIpc) is 3.48. The quantitative estimate of drug-likeness (QED) is 0.154. The van der Waals surface area contributed by atoms with E-state index in [1.807, 2.05) is 0 Å². The molecule has 0 aliphatic carbocycles. The molecule has 1 unspecified atom stereocenters. The van der Waals surface area contributed by atoms with E-state index in [1.54, 1.807) is 30.3 Å². The van der Waals surface area contributed by atoms with Gasteiger partial charge >= 0.3 is 17.8 Å². The summed E-state index contributed by atoms with van der Waals surface area (Å²) in [5.74, 6) is -3.12. The zero-order valence-electron chi connectivity index (χ0n) is 19.4. The number of hydrogen-bond donors (Lipinski definition) is 8. The van der Waals surface area contributed by atoms with E-state index in [0.717, 1.165) is 0 Å². The molecule has 1 atom stereocenters. The van der Waals surface area contributed by atoms with Gasteiger partial charge in [0.2, 0.25) is 23.7 Å². The number of ether oxygens (including phenoxy) is 1. The lowest BCUT2D eigenvalue weighted by atomic mass is 10.2. The van der Waals surface area contributed by atoms with Crippen molar-refractivity contribution in [1.82, 2.24) is 36.4 Å². The number of benzene rings is 1. The summed E-state index contributed by atoms with van der Waals surface area (Å²) in [6.07, 6.45) is -1.41. The first-order valence-corrected chi connectivity index (χ1v) is 11.0. The van der Waals surface area contributed by atoms with Crippen molar-refractivity contribution in [3.05, 3.63) is 52.1 Å². The number of guanidine groups is 1. The van der Waals surface area contributed by atoms with E-state index in [-0.39, 0.29) is 12.3 Å². The Hall–Kier alpha value is -5.02. The predicted octanol–water partition coefficient (Wildman–Crippen LogP) is -2.50. The van der Waals surface area contributed by atoms with E-state index in [4.69, 9.17) is 4.74 Å². The number of H-pyrrole nitrogens is 1. The van der Waals surface area contributed by atoms with Gasteiger partial charge in [0.1, 0.15) is 19.2 Å². The molecule has 0 saturated heterocycles. The van der Waals surface area contributed by atoms with Gasteiger partial charge in [0.05, 0.1) is 18.7 Å². The molecular weight excluding hydrogens is 492 g/mol. The van der Waals surface area contributed by atoms with Crippen LogP contribution >= 0.6 is 0 Å². The molecule has 1 aromatic carbocycles. The van der Waals surface area contributed by atoms with Crippen LogP contribution in [0.15, 0.2) is 40.1 Å². The summed E-state index contributed by atoms with van der Waals surface area (Å²) in [6, 6.07) is 7.21. The van der Waals surface area contributed by atoms with Crippen LogP contribution in [-0.4, -0.2) is 75.3 Å². The minimum absolute atomic E-state index is 0.0802. The van der Waals surface area contributed by atoms with Gasteiger partial charge in [0.25, 0.3) is 0 Å². The SMILES string of the molecule is O=C(Cn1c(O)c(CC(=O)NNC2=NCCN2)[nH]c1=O)NCC(NC(=O)OCc1ccccc1)C(=O)O. The van der Waals surface area contributed by atoms with Gasteiger partial charge in [-0.05, 0) is 5.56 Å². The standard InChI is InChI=1S/C21H26N8O8/c30-15(27-28-19-22-6-7-23-19)8-13-17(32)29(20(35)25-13)10-16(31)24-9-14(18(33)34)26-21(36)37-11-12-4-2-1-3-5-12/h1-5,14,32H,6-11H2,(H,24,31)(H,25,35)(H,26,36)(H,27,30)(H,33,34)(H2,22,23,28). The highest BCUT2D eigenvalue weighted by atomic mass is 16.5. The third-order valence-electron chi connectivity index (χ3n) is 4.97. The Bertz CT molecular complexity index is 1220. The number of aromatic hydroxyl groups is 1. The van der Waals surface area contributed by atoms with Gasteiger partial charge in [-0.3, -0.25) is 30.0 Å². The highest BCUT2D eigenvalue weighted by Gasteiger charge is 2.23. The molecule has 198 valence electrons. The molecule has 2 heterocycles. The number of aliphatic carboxylic acids is 1. The number of imidazole rings is 1. The van der Waals surface area contributed by atoms with E-state index in [2.05, 4.69) is 36.8 Å². The number of nitrogens with one attached hydrogen (secondary N) is 6. The number of carboxylic acids is 1. The maximum Gasteiger partial charge on any atom is 0.408 e. The minimum atomic E-state index is -1.52. The molecule has 0 fully saturated rings. The van der Waals surface area contributed by atoms with Crippen molar-refractivity contribution in [1.29, 1.82) is 0 Å². The van der Waals surface area contributed by atoms with Gasteiger partial charge in [0.15, 0.2) is 0 Å². The lowest BCUT2D eigenvalue weighted by molar-refractivity contribution is -0.139. The molecule has 8 N–H and O–H groups in total. The minimum Gasteiger partial charge on any atom is -0.493 e. The summed E-state index contributed by atoms with van der Waals surface area (Å²) in [7, 11) is 0. The van der Waals surface area contributed by atoms with Gasteiger partial charge in [-0.15, -0.1) is 0 Å². The zero-order valence-corrected chi connectivity index (χ0v) is 19.4. The summed E-state index contributed by atoms with van der Waals surface area (Å²) >= 11 is 0. The van der Waals surface area contributed by atoms with Gasteiger partial charge in [-0.2, -0.15) is 0 Å². The summed E-state index contributed by atoms with van der Waals surface area (Å²) in [6.45, 7) is -0.0965. The summed E-state index contributed by atoms with van der Waals surface area (Å²) in [4.78, 5) is 66.2. The number of carbonyl (C=O) groups is 4. The molecule has 1 aliphatic heterocycles. The number of aliphatic imine (C=N–C) groups is 1. The second-order valence-corrected chi connectivity index (χ2v) is 7.73. The molecule has 1 aromatic heterocycles. The van der Waals surface area contributed by atoms with Crippen LogP contribution in [0.4, 0.5) is 4.79 Å². The fraction of sp³-hybridized carbons (Fsp3) is 0.333. The first-order valence-electron chi connectivity index (χ1n) is 11.0. The van der Waals surface area contributed by atoms with Crippen LogP contribution in [0.2, 0.25) is 0 Å². The first-order chi connectivity index (χ1) is 17.7. The molecule has 0 spiro atoms. The Kier molecular flexibility index (Phi) is 9.06. The molecule has 3 amide bonds. The maximum atomic E-state index is 12.3. The molecule has 37 heavy (non-hydrogen) atoms. The van der Waals surface area contributed by atoms with Crippen molar-refractivity contribution in [2.45, 2.75) is 25.6 Å². The Morgan fingerprint density at radius 1 is 1.16 bits per heavy atom. The predicted molar refractivity (Wildman–Crippen MR) is 126 cm³/mol. The number of aromatic amines is 1. The average molecular weight is 518 g/mol. The molecule has 16 heteroatoms. The normalized spacial score (nSPS) is 13.0. The smallest absolute Gasteiger partial charge is 0.408 e. The van der Waals surface area contributed by atoms with Gasteiger partial charge in [-0.1, -0.05) is 30.3 Å². The Labute approximate surface area is 209 Å². The van der Waals surface area contributed by atoms with Gasteiger partial charge in [-0.25, -0.2) is 14.4 Å². The van der Waals surface area contributed by atoms with Crippen LogP contribution in [0, 0.1) is 0 Å². The van der Waals surface area contributed by atoms with Crippen LogP contribution in [0.5, 0.6) is 5.88 Å². The summed E-state index contributed by atoms with van der Waals surface area (Å²) in [5.41, 5.74) is 4.60. The first kappa shape index (κ1) is 26.6. The van der Waals surface area contributed by atoms with E-state index in [1.165, 1.54) is 0 Å². The number of alkyl carbamates (subject to hydrolysis) is 1. The van der Waals surface area contributed by atoms with Crippen molar-refractivity contribution in [2.75, 3.05) is 19.6 Å². The van der Waals surface area contributed by atoms with Crippen LogP contribution in [0.1, 0.15) is 11.3 Å². The molecule has 0 saturated carbocycles. The third kappa shape index (κ3) is 8.01. The largest absolute Gasteiger partial charge is 0.493 e. The van der Waals surface area contributed by atoms with Crippen molar-refractivity contribution < 1.29 is 34.1 Å². The lowest BCUT2D eigenvalue weighted by Crippen LogP contribution is -2.49. The molecule has 3 rings (SSSR count). The van der Waals surface area contributed by atoms with Gasteiger partial charge in [0, 0.05) is 13.1 Å². The molecule has 16 nitrogen and oxygen atoms in total. The number of carboxylic acid groups (broad SMARTS) is 1. The van der Waals surface area contributed by atoms with E-state index in [0.29, 0.717) is 29.2 Å². The van der Waals surface area contributed by atoms with Gasteiger partial charge < -0.3 is 35.9 Å². The van der Waals surface area contributed by atoms with Crippen molar-refractivity contribution in [2.24, 2.45) is 4.99 Å². The molecule has 1 aliphatic rings. The van der Waals surface area contributed by atoms with Crippen LogP contribution < -0.4 is 32.5 Å². The zero-order chi connectivity index (χ0) is 26.8. The number of rotatable bonds is 10. The van der Waals surface area contributed by atoms with E-state index in [9.17, 15) is 34.2 Å². The maximum absolute atomic E-state index is 12.3. The number of amides is 3. The van der Waals surface area contributed by atoms with E-state index >= 15 is 0 Å². The molecule has 0 bridgehead atoms. The number of nitrogens with zero attached hydrogens (tertiary/aromatic N) is 2. The number of carbonyl (C=O) groups excluding carboxylic acids is 3. The van der Waals surface area contributed by atoms with Crippen LogP contribution in [-0.2, 0) is 38.7 Å². The van der Waals surface area contributed by atoms with Crippen molar-refractivity contribution >= 4 is 29.8 Å². The fourth-order valence-electron chi connectivity index (χ4n) is 3.12. The van der Waals surface area contributed by atoms with Crippen LogP contribution in [0.3, 0.4) is 0 Å². The third-order valence-corrected chi connectivity index (χ3v) is 4.97. The number of aromatic nitrogens is 2. The number of hydrazine groups is 1. The monoisotopic (exact) mass is 518 g/mol. The number of hydrogen-bond acceptors (Lipinski definition) is 10. The topological polar surface area (TPSA) is 228 Å². The van der Waals surface area contributed by atoms with E-state index < -0.39 is 61.0 Å².